The van der Waals surface area contributed by atoms with Crippen molar-refractivity contribution >= 4 is 17.7 Å². The van der Waals surface area contributed by atoms with E-state index in [4.69, 9.17) is 4.74 Å². The zero-order valence-electron chi connectivity index (χ0n) is 16.4. The Morgan fingerprint density at radius 3 is 2.83 bits per heavy atom. The van der Waals surface area contributed by atoms with E-state index in [0.717, 1.165) is 23.4 Å². The van der Waals surface area contributed by atoms with Crippen LogP contribution in [0.1, 0.15) is 43.4 Å². The van der Waals surface area contributed by atoms with Crippen molar-refractivity contribution in [3.63, 3.8) is 0 Å². The third-order valence-electron chi connectivity index (χ3n) is 4.87. The van der Waals surface area contributed by atoms with Crippen molar-refractivity contribution in [2.75, 3.05) is 12.4 Å². The molecule has 2 heterocycles. The van der Waals surface area contributed by atoms with E-state index in [9.17, 15) is 4.79 Å². The van der Waals surface area contributed by atoms with Gasteiger partial charge in [-0.3, -0.25) is 4.79 Å². The molecule has 8 heteroatoms. The van der Waals surface area contributed by atoms with E-state index >= 15 is 0 Å². The van der Waals surface area contributed by atoms with Gasteiger partial charge >= 0.3 is 0 Å². The van der Waals surface area contributed by atoms with E-state index in [-0.39, 0.29) is 17.7 Å². The Morgan fingerprint density at radius 2 is 2.03 bits per heavy atom. The van der Waals surface area contributed by atoms with Gasteiger partial charge in [0.25, 0.3) is 0 Å². The fourth-order valence-corrected chi connectivity index (χ4v) is 3.99. The van der Waals surface area contributed by atoms with Gasteiger partial charge in [-0.25, -0.2) is 0 Å². The number of rotatable bonds is 6. The smallest absolute Gasteiger partial charge is 0.230 e. The molecule has 2 aromatic carbocycles. The second-order valence-electron chi connectivity index (χ2n) is 7.20. The standard InChI is InChI=1S/C21H23N5O2S/c1-14(2)15-7-9-16(10-8-15)26-21(23-24-25-26)29-13-20(27)22-18-11-12-28-19-6-4-3-5-17(18)19/h3-10,14,18H,11-13H2,1-2H3,(H,22,27). The summed E-state index contributed by atoms with van der Waals surface area (Å²) >= 11 is 1.32. The monoisotopic (exact) mass is 409 g/mol. The minimum Gasteiger partial charge on any atom is -0.493 e. The van der Waals surface area contributed by atoms with Gasteiger partial charge in [-0.05, 0) is 40.1 Å². The van der Waals surface area contributed by atoms with Crippen molar-refractivity contribution < 1.29 is 9.53 Å². The number of para-hydroxylation sites is 1. The second-order valence-corrected chi connectivity index (χ2v) is 8.15. The van der Waals surface area contributed by atoms with Crippen LogP contribution in [0.25, 0.3) is 5.69 Å². The predicted molar refractivity (Wildman–Crippen MR) is 111 cm³/mol. The molecule has 0 saturated heterocycles. The van der Waals surface area contributed by atoms with Crippen LogP contribution in [0.2, 0.25) is 0 Å². The Kier molecular flexibility index (Phi) is 5.80. The minimum atomic E-state index is -0.0543. The van der Waals surface area contributed by atoms with Crippen molar-refractivity contribution in [3.8, 4) is 11.4 Å². The zero-order chi connectivity index (χ0) is 20.2. The fraction of sp³-hybridized carbons (Fsp3) is 0.333. The van der Waals surface area contributed by atoms with E-state index in [0.29, 0.717) is 17.7 Å². The first-order valence-corrected chi connectivity index (χ1v) is 10.6. The molecule has 1 aliphatic heterocycles. The van der Waals surface area contributed by atoms with Gasteiger partial charge in [0.05, 0.1) is 24.1 Å². The SMILES string of the molecule is CC(C)c1ccc(-n2nnnc2SCC(=O)NC2CCOc3ccccc32)cc1. The summed E-state index contributed by atoms with van der Waals surface area (Å²) in [4.78, 5) is 12.5. The van der Waals surface area contributed by atoms with Crippen LogP contribution >= 0.6 is 11.8 Å². The molecule has 3 aromatic rings. The lowest BCUT2D eigenvalue weighted by molar-refractivity contribution is -0.119. The lowest BCUT2D eigenvalue weighted by Crippen LogP contribution is -2.33. The summed E-state index contributed by atoms with van der Waals surface area (Å²) in [5, 5.41) is 15.6. The van der Waals surface area contributed by atoms with E-state index in [1.54, 1.807) is 4.68 Å². The van der Waals surface area contributed by atoms with Gasteiger partial charge in [0, 0.05) is 12.0 Å². The van der Waals surface area contributed by atoms with Crippen LogP contribution in [0.3, 0.4) is 0 Å². The number of fused-ring (bicyclic) bond motifs is 1. The number of amides is 1. The number of hydrogen-bond donors (Lipinski definition) is 1. The largest absolute Gasteiger partial charge is 0.493 e. The molecule has 0 bridgehead atoms. The predicted octanol–water partition coefficient (Wildman–Crippen LogP) is 3.52. The van der Waals surface area contributed by atoms with E-state index in [1.807, 2.05) is 36.4 Å². The summed E-state index contributed by atoms with van der Waals surface area (Å²) in [6.07, 6.45) is 0.757. The van der Waals surface area contributed by atoms with Crippen LogP contribution in [0, 0.1) is 0 Å². The summed E-state index contributed by atoms with van der Waals surface area (Å²) in [6, 6.07) is 15.9. The maximum absolute atomic E-state index is 12.5. The molecule has 1 aromatic heterocycles. The zero-order valence-corrected chi connectivity index (χ0v) is 17.2. The first-order valence-electron chi connectivity index (χ1n) is 9.64. The Hall–Kier alpha value is -2.87. The molecule has 1 aliphatic rings. The summed E-state index contributed by atoms with van der Waals surface area (Å²) < 4.78 is 7.31. The number of nitrogens with zero attached hydrogens (tertiary/aromatic N) is 4. The molecule has 0 saturated carbocycles. The van der Waals surface area contributed by atoms with Gasteiger partial charge < -0.3 is 10.1 Å². The van der Waals surface area contributed by atoms with Crippen LogP contribution in [0.5, 0.6) is 5.75 Å². The third-order valence-corrected chi connectivity index (χ3v) is 5.79. The van der Waals surface area contributed by atoms with Crippen molar-refractivity contribution in [2.45, 2.75) is 37.4 Å². The molecule has 7 nitrogen and oxygen atoms in total. The summed E-state index contributed by atoms with van der Waals surface area (Å²) in [6.45, 7) is 4.91. The average molecular weight is 410 g/mol. The number of hydrogen-bond acceptors (Lipinski definition) is 6. The molecule has 1 unspecified atom stereocenters. The number of tetrazole rings is 1. The highest BCUT2D eigenvalue weighted by molar-refractivity contribution is 7.99. The highest BCUT2D eigenvalue weighted by Gasteiger charge is 2.23. The highest BCUT2D eigenvalue weighted by atomic mass is 32.2. The Balaban J connectivity index is 1.39. The lowest BCUT2D eigenvalue weighted by atomic mass is 10.0. The number of benzene rings is 2. The summed E-state index contributed by atoms with van der Waals surface area (Å²) in [5.41, 5.74) is 3.15. The summed E-state index contributed by atoms with van der Waals surface area (Å²) in [7, 11) is 0. The lowest BCUT2D eigenvalue weighted by Gasteiger charge is -2.26. The average Bonchev–Trinajstić information content (AvgIpc) is 3.21. The van der Waals surface area contributed by atoms with Crippen molar-refractivity contribution in [1.29, 1.82) is 0 Å². The van der Waals surface area contributed by atoms with Crippen molar-refractivity contribution in [1.82, 2.24) is 25.5 Å². The van der Waals surface area contributed by atoms with Gasteiger partial charge in [-0.2, -0.15) is 4.68 Å². The molecule has 150 valence electrons. The second kappa shape index (κ2) is 8.65. The maximum atomic E-state index is 12.5. The Bertz CT molecular complexity index is 987. The molecule has 1 amide bonds. The number of carbonyl (C=O) groups is 1. The van der Waals surface area contributed by atoms with Crippen molar-refractivity contribution in [2.24, 2.45) is 0 Å². The molecule has 0 spiro atoms. The van der Waals surface area contributed by atoms with Gasteiger partial charge in [0.2, 0.25) is 11.1 Å². The number of carbonyl (C=O) groups excluding carboxylic acids is 1. The third kappa shape index (κ3) is 4.42. The summed E-state index contributed by atoms with van der Waals surface area (Å²) in [5.74, 6) is 1.49. The quantitative estimate of drug-likeness (QED) is 0.628. The molecule has 4 rings (SSSR count). The molecule has 0 radical (unpaired) electrons. The fourth-order valence-electron chi connectivity index (χ4n) is 3.29. The van der Waals surface area contributed by atoms with E-state index in [2.05, 4.69) is 46.8 Å². The van der Waals surface area contributed by atoms with E-state index in [1.165, 1.54) is 17.3 Å². The number of aromatic nitrogens is 4. The molecular formula is C21H23N5O2S. The Labute approximate surface area is 173 Å². The first-order chi connectivity index (χ1) is 14.1. The number of nitrogens with one attached hydrogen (secondary N) is 1. The minimum absolute atomic E-state index is 0.0346. The molecule has 0 fully saturated rings. The molecule has 0 aliphatic carbocycles. The first kappa shape index (κ1) is 19.4. The number of ether oxygens (including phenoxy) is 1. The van der Waals surface area contributed by atoms with Gasteiger partial charge in [-0.15, -0.1) is 5.10 Å². The topological polar surface area (TPSA) is 81.9 Å². The number of thioether (sulfide) groups is 1. The van der Waals surface area contributed by atoms with Crippen LogP contribution in [-0.4, -0.2) is 38.5 Å². The van der Waals surface area contributed by atoms with Crippen LogP contribution in [-0.2, 0) is 4.79 Å². The van der Waals surface area contributed by atoms with Crippen LogP contribution in [0.15, 0.2) is 53.7 Å². The van der Waals surface area contributed by atoms with Gasteiger partial charge in [-0.1, -0.05) is 55.9 Å². The van der Waals surface area contributed by atoms with Crippen molar-refractivity contribution in [3.05, 3.63) is 59.7 Å². The molecule has 29 heavy (non-hydrogen) atoms. The molecule has 1 atom stereocenters. The van der Waals surface area contributed by atoms with Crippen LogP contribution in [0.4, 0.5) is 0 Å². The molecule has 1 N–H and O–H groups in total. The Morgan fingerprint density at radius 1 is 1.24 bits per heavy atom. The highest BCUT2D eigenvalue weighted by Crippen LogP contribution is 2.31. The van der Waals surface area contributed by atoms with Crippen LogP contribution < -0.4 is 10.1 Å². The van der Waals surface area contributed by atoms with Gasteiger partial charge in [0.15, 0.2) is 0 Å². The van der Waals surface area contributed by atoms with Gasteiger partial charge in [0.1, 0.15) is 5.75 Å². The maximum Gasteiger partial charge on any atom is 0.230 e. The normalized spacial score (nSPS) is 15.6. The van der Waals surface area contributed by atoms with E-state index < -0.39 is 0 Å². The molecular weight excluding hydrogens is 386 g/mol.